The van der Waals surface area contributed by atoms with Gasteiger partial charge >= 0.3 is 0 Å². The molecule has 2 N–H and O–H groups in total. The van der Waals surface area contributed by atoms with Gasteiger partial charge in [0.05, 0.1) is 9.79 Å². The molecular formula is C23H31N3O5S2. The zero-order valence-electron chi connectivity index (χ0n) is 19.1. The maximum atomic E-state index is 13.0. The zero-order chi connectivity index (χ0) is 24.2. The van der Waals surface area contributed by atoms with Gasteiger partial charge in [-0.3, -0.25) is 4.79 Å². The van der Waals surface area contributed by atoms with E-state index in [2.05, 4.69) is 9.44 Å². The van der Waals surface area contributed by atoms with Gasteiger partial charge in [0.2, 0.25) is 20.0 Å². The standard InChI is InChI=1S/C23H31N3O5S2/c1-17(2)25-33(30,31)22-12-8-20(9-13-22)23(27)26-14-4-5-19(16-26)15-24-32(28,29)21-10-6-18(3)7-11-21/h6-13,17,19,24-25H,4-5,14-16H2,1-3H3. The molecule has 0 aliphatic carbocycles. The van der Waals surface area contributed by atoms with E-state index in [0.717, 1.165) is 18.4 Å². The second-order valence-electron chi connectivity index (χ2n) is 8.72. The molecule has 0 aromatic heterocycles. The molecule has 0 saturated carbocycles. The molecule has 1 saturated heterocycles. The number of sulfonamides is 2. The Bertz CT molecular complexity index is 1180. The topological polar surface area (TPSA) is 113 Å². The molecule has 0 bridgehead atoms. The lowest BCUT2D eigenvalue weighted by Crippen LogP contribution is -2.43. The van der Waals surface area contributed by atoms with Crippen LogP contribution < -0.4 is 9.44 Å². The van der Waals surface area contributed by atoms with Crippen LogP contribution in [0.25, 0.3) is 0 Å². The van der Waals surface area contributed by atoms with Crippen molar-refractivity contribution in [1.82, 2.24) is 14.3 Å². The van der Waals surface area contributed by atoms with E-state index in [1.807, 2.05) is 6.92 Å². The molecule has 1 aliphatic heterocycles. The van der Waals surface area contributed by atoms with Crippen molar-refractivity contribution in [2.24, 2.45) is 5.92 Å². The van der Waals surface area contributed by atoms with Crippen LogP contribution >= 0.6 is 0 Å². The average Bonchev–Trinajstić information content (AvgIpc) is 2.77. The van der Waals surface area contributed by atoms with Gasteiger partial charge < -0.3 is 4.90 Å². The van der Waals surface area contributed by atoms with Gasteiger partial charge in [-0.15, -0.1) is 0 Å². The van der Waals surface area contributed by atoms with Gasteiger partial charge in [0.1, 0.15) is 0 Å². The van der Waals surface area contributed by atoms with E-state index in [4.69, 9.17) is 0 Å². The largest absolute Gasteiger partial charge is 0.338 e. The lowest BCUT2D eigenvalue weighted by atomic mass is 9.97. The Morgan fingerprint density at radius 1 is 0.970 bits per heavy atom. The lowest BCUT2D eigenvalue weighted by Gasteiger charge is -2.33. The van der Waals surface area contributed by atoms with Crippen molar-refractivity contribution in [3.8, 4) is 0 Å². The van der Waals surface area contributed by atoms with Gasteiger partial charge in [0.15, 0.2) is 0 Å². The molecule has 0 radical (unpaired) electrons. The number of hydrogen-bond donors (Lipinski definition) is 2. The van der Waals surface area contributed by atoms with Crippen LogP contribution in [0.3, 0.4) is 0 Å². The van der Waals surface area contributed by atoms with Gasteiger partial charge in [0, 0.05) is 31.2 Å². The molecule has 1 heterocycles. The van der Waals surface area contributed by atoms with E-state index in [9.17, 15) is 21.6 Å². The Morgan fingerprint density at radius 2 is 1.55 bits per heavy atom. The summed E-state index contributed by atoms with van der Waals surface area (Å²) >= 11 is 0. The van der Waals surface area contributed by atoms with E-state index >= 15 is 0 Å². The van der Waals surface area contributed by atoms with E-state index < -0.39 is 20.0 Å². The molecule has 2 aromatic rings. The molecule has 33 heavy (non-hydrogen) atoms. The monoisotopic (exact) mass is 493 g/mol. The predicted molar refractivity (Wildman–Crippen MR) is 127 cm³/mol. The number of hydrogen-bond acceptors (Lipinski definition) is 5. The summed E-state index contributed by atoms with van der Waals surface area (Å²) in [6, 6.07) is 12.3. The zero-order valence-corrected chi connectivity index (χ0v) is 20.7. The highest BCUT2D eigenvalue weighted by atomic mass is 32.2. The molecule has 10 heteroatoms. The summed E-state index contributed by atoms with van der Waals surface area (Å²) in [5, 5.41) is 0. The van der Waals surface area contributed by atoms with Gasteiger partial charge in [-0.2, -0.15) is 0 Å². The third-order valence-corrected chi connectivity index (χ3v) is 8.62. The Hall–Kier alpha value is -2.27. The summed E-state index contributed by atoms with van der Waals surface area (Å²) in [6.07, 6.45) is 1.59. The third-order valence-electron chi connectivity index (χ3n) is 5.50. The van der Waals surface area contributed by atoms with Crippen LogP contribution in [0.15, 0.2) is 58.3 Å². The van der Waals surface area contributed by atoms with Crippen LogP contribution in [0, 0.1) is 12.8 Å². The highest BCUT2D eigenvalue weighted by Crippen LogP contribution is 2.20. The van der Waals surface area contributed by atoms with Gasteiger partial charge in [0.25, 0.3) is 5.91 Å². The minimum atomic E-state index is -3.62. The van der Waals surface area contributed by atoms with Crippen molar-refractivity contribution in [2.45, 2.75) is 49.4 Å². The number of benzene rings is 2. The van der Waals surface area contributed by atoms with Crippen molar-refractivity contribution in [1.29, 1.82) is 0 Å². The first kappa shape index (κ1) is 25.4. The van der Waals surface area contributed by atoms with E-state index in [0.29, 0.717) is 18.7 Å². The van der Waals surface area contributed by atoms with Crippen LogP contribution in [0.2, 0.25) is 0 Å². The van der Waals surface area contributed by atoms with E-state index in [1.165, 1.54) is 24.3 Å². The minimum Gasteiger partial charge on any atom is -0.338 e. The highest BCUT2D eigenvalue weighted by molar-refractivity contribution is 7.89. The first-order chi connectivity index (χ1) is 15.5. The van der Waals surface area contributed by atoms with Crippen molar-refractivity contribution >= 4 is 26.0 Å². The number of amides is 1. The lowest BCUT2D eigenvalue weighted by molar-refractivity contribution is 0.0676. The van der Waals surface area contributed by atoms with Crippen LogP contribution in [-0.2, 0) is 20.0 Å². The third kappa shape index (κ3) is 6.63. The number of nitrogens with zero attached hydrogens (tertiary/aromatic N) is 1. The molecule has 1 fully saturated rings. The second-order valence-corrected chi connectivity index (χ2v) is 12.2. The molecule has 180 valence electrons. The fourth-order valence-corrected chi connectivity index (χ4v) is 6.15. The van der Waals surface area contributed by atoms with Crippen LogP contribution in [0.5, 0.6) is 0 Å². The molecule has 2 aromatic carbocycles. The van der Waals surface area contributed by atoms with E-state index in [1.54, 1.807) is 43.0 Å². The van der Waals surface area contributed by atoms with Gasteiger partial charge in [-0.25, -0.2) is 26.3 Å². The van der Waals surface area contributed by atoms with Crippen molar-refractivity contribution in [3.63, 3.8) is 0 Å². The second kappa shape index (κ2) is 10.3. The number of nitrogens with one attached hydrogen (secondary N) is 2. The van der Waals surface area contributed by atoms with Crippen molar-refractivity contribution < 1.29 is 21.6 Å². The Kier molecular flexibility index (Phi) is 7.94. The van der Waals surface area contributed by atoms with Gasteiger partial charge in [-0.1, -0.05) is 17.7 Å². The molecular weight excluding hydrogens is 462 g/mol. The normalized spacial score (nSPS) is 17.3. The maximum Gasteiger partial charge on any atom is 0.253 e. The molecule has 1 aliphatic rings. The van der Waals surface area contributed by atoms with E-state index in [-0.39, 0.29) is 34.2 Å². The quantitative estimate of drug-likeness (QED) is 0.587. The fraction of sp³-hybridized carbons (Fsp3) is 0.435. The first-order valence-electron chi connectivity index (χ1n) is 11.0. The van der Waals surface area contributed by atoms with Crippen molar-refractivity contribution in [2.75, 3.05) is 19.6 Å². The summed E-state index contributed by atoms with van der Waals surface area (Å²) in [5.74, 6) is -0.195. The molecule has 3 rings (SSSR count). The summed E-state index contributed by atoms with van der Waals surface area (Å²) in [4.78, 5) is 15.0. The summed E-state index contributed by atoms with van der Waals surface area (Å²) in [7, 11) is -7.23. The number of carbonyl (C=O) groups excluding carboxylic acids is 1. The van der Waals surface area contributed by atoms with Crippen LogP contribution in [-0.4, -0.2) is 53.3 Å². The summed E-state index contributed by atoms with van der Waals surface area (Å²) < 4.78 is 54.8. The fourth-order valence-electron chi connectivity index (χ4n) is 3.78. The highest BCUT2D eigenvalue weighted by Gasteiger charge is 2.26. The van der Waals surface area contributed by atoms with Crippen molar-refractivity contribution in [3.05, 3.63) is 59.7 Å². The first-order valence-corrected chi connectivity index (χ1v) is 13.9. The number of likely N-dealkylation sites (tertiary alicyclic amines) is 1. The molecule has 0 spiro atoms. The summed E-state index contributed by atoms with van der Waals surface area (Å²) in [6.45, 7) is 6.63. The number of rotatable bonds is 8. The smallest absolute Gasteiger partial charge is 0.253 e. The molecule has 1 amide bonds. The Morgan fingerprint density at radius 3 is 2.15 bits per heavy atom. The van der Waals surface area contributed by atoms with Crippen LogP contribution in [0.4, 0.5) is 0 Å². The minimum absolute atomic E-state index is 0.00202. The SMILES string of the molecule is Cc1ccc(S(=O)(=O)NCC2CCCN(C(=O)c3ccc(S(=O)(=O)NC(C)C)cc3)C2)cc1. The maximum absolute atomic E-state index is 13.0. The summed E-state index contributed by atoms with van der Waals surface area (Å²) in [5.41, 5.74) is 1.39. The molecule has 1 unspecified atom stereocenters. The Balaban J connectivity index is 1.62. The predicted octanol–water partition coefficient (Wildman–Crippen LogP) is 2.51. The molecule has 8 nitrogen and oxygen atoms in total. The number of piperidine rings is 1. The number of carbonyl (C=O) groups is 1. The Labute approximate surface area is 196 Å². The van der Waals surface area contributed by atoms with Gasteiger partial charge in [-0.05, 0) is 75.9 Å². The molecule has 1 atom stereocenters. The van der Waals surface area contributed by atoms with Crippen LogP contribution in [0.1, 0.15) is 42.6 Å². The number of aryl methyl sites for hydroxylation is 1. The average molecular weight is 494 g/mol.